The van der Waals surface area contributed by atoms with Gasteiger partial charge in [-0.15, -0.1) is 0 Å². The molecule has 1 fully saturated rings. The molecule has 9 heteroatoms. The van der Waals surface area contributed by atoms with E-state index in [1.54, 1.807) is 0 Å². The zero-order chi connectivity index (χ0) is 27.8. The Morgan fingerprint density at radius 1 is 1.05 bits per heavy atom. The van der Waals surface area contributed by atoms with Crippen LogP contribution in [0.1, 0.15) is 41.0 Å². The highest BCUT2D eigenvalue weighted by Gasteiger charge is 2.27. The average molecular weight is 534 g/mol. The summed E-state index contributed by atoms with van der Waals surface area (Å²) in [5.41, 5.74) is 14.9. The lowest BCUT2D eigenvalue weighted by molar-refractivity contribution is 0.312. The predicted octanol–water partition coefficient (Wildman–Crippen LogP) is 4.17. The van der Waals surface area contributed by atoms with Crippen LogP contribution in [0.2, 0.25) is 0 Å². The molecule has 0 bridgehead atoms. The lowest BCUT2D eigenvalue weighted by atomic mass is 9.95. The molecule has 0 amide bonds. The molecule has 2 aliphatic rings. The Hall–Kier alpha value is -4.50. The molecule has 4 heterocycles. The fourth-order valence-electron chi connectivity index (χ4n) is 5.47. The highest BCUT2D eigenvalue weighted by atomic mass is 15.3. The van der Waals surface area contributed by atoms with Gasteiger partial charge in [-0.1, -0.05) is 49.9 Å². The van der Waals surface area contributed by atoms with Crippen LogP contribution < -0.4 is 10.6 Å². The molecule has 9 nitrogen and oxygen atoms in total. The molecule has 2 aromatic carbocycles. The van der Waals surface area contributed by atoms with Gasteiger partial charge in [0.15, 0.2) is 5.82 Å². The number of aromatic amines is 1. The van der Waals surface area contributed by atoms with E-state index in [1.807, 2.05) is 36.7 Å². The Balaban J connectivity index is 1.13. The van der Waals surface area contributed by atoms with Crippen LogP contribution in [0.3, 0.4) is 0 Å². The second kappa shape index (κ2) is 10.6. The fraction of sp³-hybridized carbons (Fsp3) is 0.290. The lowest BCUT2D eigenvalue weighted by Crippen LogP contribution is -2.44. The molecule has 0 radical (unpaired) electrons. The Morgan fingerprint density at radius 2 is 1.85 bits per heavy atom. The summed E-state index contributed by atoms with van der Waals surface area (Å²) in [5, 5.41) is 8.83. The zero-order valence-corrected chi connectivity index (χ0v) is 23.1. The summed E-state index contributed by atoms with van der Waals surface area (Å²) in [5.74, 6) is 1.43. The topological polar surface area (TPSA) is 114 Å². The number of benzene rings is 2. The molecule has 1 saturated heterocycles. The molecule has 0 saturated carbocycles. The van der Waals surface area contributed by atoms with Gasteiger partial charge in [0.25, 0.3) is 0 Å². The van der Waals surface area contributed by atoms with Crippen LogP contribution in [0.25, 0.3) is 16.8 Å². The van der Waals surface area contributed by atoms with Gasteiger partial charge in [0.05, 0.1) is 42.6 Å². The van der Waals surface area contributed by atoms with E-state index in [2.05, 4.69) is 68.4 Å². The smallest absolute Gasteiger partial charge is 0.156 e. The highest BCUT2D eigenvalue weighted by molar-refractivity contribution is 6.12. The number of H-pyrrole nitrogens is 1. The number of aromatic nitrogens is 4. The first-order chi connectivity index (χ1) is 19.4. The van der Waals surface area contributed by atoms with E-state index in [0.717, 1.165) is 66.8 Å². The van der Waals surface area contributed by atoms with Gasteiger partial charge in [-0.2, -0.15) is 0 Å². The van der Waals surface area contributed by atoms with Gasteiger partial charge in [-0.25, -0.2) is 15.0 Å². The van der Waals surface area contributed by atoms with Gasteiger partial charge in [0.2, 0.25) is 0 Å². The number of nitrogen functional groups attached to an aromatic ring is 1. The van der Waals surface area contributed by atoms with Crippen LogP contribution in [0.15, 0.2) is 61.4 Å². The van der Waals surface area contributed by atoms with E-state index < -0.39 is 0 Å². The van der Waals surface area contributed by atoms with Crippen molar-refractivity contribution in [1.29, 1.82) is 5.41 Å². The standard InChI is InChI=1S/C31H35N9/c1-4-21-7-5-6-8-23(21)22-9-10-24(25(32)15-22)30(33)31-36-27-18-40(19-28(27)37-31)20(2)26-16-35-29(17-34-26)39-13-11-38(3)12-14-39/h5-10,15-17,33H,2,4,11-14,18-19,32H2,1,3H3,(H,36,37). The number of nitrogens with two attached hydrogens (primary N) is 1. The number of anilines is 2. The molecule has 0 spiro atoms. The third kappa shape index (κ3) is 4.84. The van der Waals surface area contributed by atoms with Crippen LogP contribution in [0, 0.1) is 5.41 Å². The van der Waals surface area contributed by atoms with E-state index >= 15 is 0 Å². The molecule has 0 atom stereocenters. The molecule has 4 aromatic rings. The largest absolute Gasteiger partial charge is 0.398 e. The van der Waals surface area contributed by atoms with Gasteiger partial charge in [0, 0.05) is 37.4 Å². The van der Waals surface area contributed by atoms with Crippen molar-refractivity contribution in [2.24, 2.45) is 0 Å². The molecule has 4 N–H and O–H groups in total. The summed E-state index contributed by atoms with van der Waals surface area (Å²) in [6.45, 7) is 11.6. The number of likely N-dealkylation sites (N-methyl/N-ethyl adjacent to an activating group) is 1. The molecule has 6 rings (SSSR count). The normalized spacial score (nSPS) is 15.3. The lowest BCUT2D eigenvalue weighted by Gasteiger charge is -2.33. The Bertz CT molecular complexity index is 1540. The van der Waals surface area contributed by atoms with Crippen LogP contribution in [0.4, 0.5) is 11.5 Å². The van der Waals surface area contributed by atoms with Crippen molar-refractivity contribution in [3.05, 3.63) is 95.5 Å². The molecule has 2 aliphatic heterocycles. The van der Waals surface area contributed by atoms with Gasteiger partial charge in [0.1, 0.15) is 17.2 Å². The van der Waals surface area contributed by atoms with Crippen molar-refractivity contribution in [2.75, 3.05) is 43.9 Å². The van der Waals surface area contributed by atoms with E-state index in [1.165, 1.54) is 11.1 Å². The first-order valence-corrected chi connectivity index (χ1v) is 13.8. The number of piperazine rings is 1. The third-order valence-corrected chi connectivity index (χ3v) is 7.96. The summed E-state index contributed by atoms with van der Waals surface area (Å²) in [4.78, 5) is 24.2. The van der Waals surface area contributed by atoms with Gasteiger partial charge in [-0.3, -0.25) is 5.41 Å². The molecule has 0 unspecified atom stereocenters. The van der Waals surface area contributed by atoms with E-state index in [9.17, 15) is 0 Å². The number of fused-ring (bicyclic) bond motifs is 1. The summed E-state index contributed by atoms with van der Waals surface area (Å²) < 4.78 is 0. The van der Waals surface area contributed by atoms with Crippen molar-refractivity contribution in [1.82, 2.24) is 29.7 Å². The van der Waals surface area contributed by atoms with Crippen molar-refractivity contribution in [3.63, 3.8) is 0 Å². The number of aryl methyl sites for hydroxylation is 1. The second-order valence-electron chi connectivity index (χ2n) is 10.6. The van der Waals surface area contributed by atoms with E-state index in [4.69, 9.17) is 16.1 Å². The van der Waals surface area contributed by atoms with Gasteiger partial charge < -0.3 is 25.4 Å². The highest BCUT2D eigenvalue weighted by Crippen LogP contribution is 2.31. The minimum absolute atomic E-state index is 0.290. The summed E-state index contributed by atoms with van der Waals surface area (Å²) >= 11 is 0. The average Bonchev–Trinajstić information content (AvgIpc) is 3.57. The first kappa shape index (κ1) is 25.8. The molecule has 2 aromatic heterocycles. The third-order valence-electron chi connectivity index (χ3n) is 7.96. The van der Waals surface area contributed by atoms with Crippen molar-refractivity contribution >= 4 is 22.9 Å². The van der Waals surface area contributed by atoms with Crippen LogP contribution in [-0.2, 0) is 19.5 Å². The first-order valence-electron chi connectivity index (χ1n) is 13.8. The monoisotopic (exact) mass is 533 g/mol. The maximum absolute atomic E-state index is 8.83. The number of hydrogen-bond donors (Lipinski definition) is 3. The second-order valence-corrected chi connectivity index (χ2v) is 10.6. The molecular formula is C31H35N9. The van der Waals surface area contributed by atoms with Crippen molar-refractivity contribution in [3.8, 4) is 11.1 Å². The van der Waals surface area contributed by atoms with Crippen LogP contribution in [-0.4, -0.2) is 68.7 Å². The SMILES string of the molecule is C=C(c1cnc(N2CCN(C)CC2)cn1)N1Cc2nc(C(=N)c3ccc(-c4ccccc4CC)cc3N)[nH]c2C1. The zero-order valence-electron chi connectivity index (χ0n) is 23.1. The minimum atomic E-state index is 0.290. The maximum Gasteiger partial charge on any atom is 0.156 e. The Labute approximate surface area is 234 Å². The summed E-state index contributed by atoms with van der Waals surface area (Å²) in [6, 6.07) is 14.3. The molecule has 0 aliphatic carbocycles. The summed E-state index contributed by atoms with van der Waals surface area (Å²) in [7, 11) is 2.14. The maximum atomic E-state index is 8.83. The predicted molar refractivity (Wildman–Crippen MR) is 160 cm³/mol. The Kier molecular flexibility index (Phi) is 6.81. The summed E-state index contributed by atoms with van der Waals surface area (Å²) in [6.07, 6.45) is 4.60. The quantitative estimate of drug-likeness (QED) is 0.241. The molecule has 204 valence electrons. The van der Waals surface area contributed by atoms with Crippen molar-refractivity contribution < 1.29 is 0 Å². The van der Waals surface area contributed by atoms with Crippen molar-refractivity contribution in [2.45, 2.75) is 26.4 Å². The van der Waals surface area contributed by atoms with Gasteiger partial charge in [-0.05, 0) is 36.2 Å². The van der Waals surface area contributed by atoms with Gasteiger partial charge >= 0.3 is 0 Å². The Morgan fingerprint density at radius 3 is 2.55 bits per heavy atom. The number of nitrogens with one attached hydrogen (secondary N) is 2. The van der Waals surface area contributed by atoms with E-state index in [0.29, 0.717) is 30.2 Å². The molecule has 40 heavy (non-hydrogen) atoms. The number of rotatable bonds is 7. The number of hydrogen-bond acceptors (Lipinski definition) is 8. The van der Waals surface area contributed by atoms with E-state index in [-0.39, 0.29) is 5.71 Å². The minimum Gasteiger partial charge on any atom is -0.398 e. The number of imidazole rings is 1. The number of nitrogens with zero attached hydrogens (tertiary/aromatic N) is 6. The van der Waals surface area contributed by atoms with Crippen LogP contribution >= 0.6 is 0 Å². The molecular weight excluding hydrogens is 498 g/mol. The van der Waals surface area contributed by atoms with Crippen LogP contribution in [0.5, 0.6) is 0 Å². The fourth-order valence-corrected chi connectivity index (χ4v) is 5.47.